The maximum absolute atomic E-state index is 12.7. The first-order chi connectivity index (χ1) is 18.5. The summed E-state index contributed by atoms with van der Waals surface area (Å²) in [6.07, 6.45) is 1.81. The van der Waals surface area contributed by atoms with E-state index in [0.29, 0.717) is 23.4 Å². The van der Waals surface area contributed by atoms with Gasteiger partial charge in [0.1, 0.15) is 0 Å². The molecule has 0 atom stereocenters. The van der Waals surface area contributed by atoms with E-state index in [-0.39, 0.29) is 11.7 Å². The van der Waals surface area contributed by atoms with Gasteiger partial charge < -0.3 is 5.32 Å². The molecular weight excluding hydrogens is 490 g/mol. The Balaban J connectivity index is 1.43. The number of aromatic nitrogens is 4. The topological polar surface area (TPSA) is 72.7 Å². The number of rotatable bonds is 9. The molecular formula is C31H29N5OS. The summed E-state index contributed by atoms with van der Waals surface area (Å²) in [6, 6.07) is 28.2. The SMILES string of the molecule is C=CCn1c(SCC(=O)Nc2ccc(C(C)C)cc2)nnc1-c1cc(-c2ccccc2)nc2ccccc12. The molecule has 1 N–H and O–H groups in total. The molecule has 0 aliphatic rings. The number of pyridine rings is 1. The number of hydrogen-bond acceptors (Lipinski definition) is 5. The number of anilines is 1. The van der Waals surface area contributed by atoms with Crippen LogP contribution in [-0.2, 0) is 11.3 Å². The van der Waals surface area contributed by atoms with Crippen molar-refractivity contribution in [3.05, 3.63) is 103 Å². The van der Waals surface area contributed by atoms with Crippen molar-refractivity contribution >= 4 is 34.3 Å². The van der Waals surface area contributed by atoms with Crippen LogP contribution >= 0.6 is 11.8 Å². The van der Waals surface area contributed by atoms with Crippen LogP contribution in [-0.4, -0.2) is 31.4 Å². The molecule has 0 unspecified atom stereocenters. The van der Waals surface area contributed by atoms with Gasteiger partial charge in [-0.25, -0.2) is 4.98 Å². The summed E-state index contributed by atoms with van der Waals surface area (Å²) in [5, 5.41) is 13.6. The Hall–Kier alpha value is -4.23. The zero-order valence-corrected chi connectivity index (χ0v) is 22.3. The maximum atomic E-state index is 12.7. The molecule has 5 rings (SSSR count). The minimum atomic E-state index is -0.0947. The second-order valence-electron chi connectivity index (χ2n) is 9.26. The average molecular weight is 520 g/mol. The third-order valence-electron chi connectivity index (χ3n) is 6.25. The lowest BCUT2D eigenvalue weighted by Crippen LogP contribution is -2.14. The number of amides is 1. The van der Waals surface area contributed by atoms with Crippen LogP contribution in [0.4, 0.5) is 5.69 Å². The molecule has 0 saturated carbocycles. The Kier molecular flexibility index (Phi) is 7.65. The summed E-state index contributed by atoms with van der Waals surface area (Å²) in [4.78, 5) is 17.6. The lowest BCUT2D eigenvalue weighted by Gasteiger charge is -2.12. The van der Waals surface area contributed by atoms with Crippen molar-refractivity contribution in [3.63, 3.8) is 0 Å². The van der Waals surface area contributed by atoms with E-state index in [0.717, 1.165) is 33.4 Å². The summed E-state index contributed by atoms with van der Waals surface area (Å²) >= 11 is 1.36. The van der Waals surface area contributed by atoms with Gasteiger partial charge in [-0.05, 0) is 35.7 Å². The molecule has 0 saturated heterocycles. The van der Waals surface area contributed by atoms with Gasteiger partial charge in [0.2, 0.25) is 5.91 Å². The summed E-state index contributed by atoms with van der Waals surface area (Å²) in [5.41, 5.74) is 5.73. The molecule has 1 amide bonds. The van der Waals surface area contributed by atoms with Gasteiger partial charge in [0.15, 0.2) is 11.0 Å². The van der Waals surface area contributed by atoms with Gasteiger partial charge in [-0.2, -0.15) is 0 Å². The fourth-order valence-electron chi connectivity index (χ4n) is 4.28. The van der Waals surface area contributed by atoms with E-state index in [1.807, 2.05) is 89.5 Å². The van der Waals surface area contributed by atoms with Crippen LogP contribution < -0.4 is 5.32 Å². The van der Waals surface area contributed by atoms with E-state index in [9.17, 15) is 4.79 Å². The van der Waals surface area contributed by atoms with E-state index in [4.69, 9.17) is 4.98 Å². The predicted octanol–water partition coefficient (Wildman–Crippen LogP) is 7.20. The number of fused-ring (bicyclic) bond motifs is 1. The van der Waals surface area contributed by atoms with E-state index in [2.05, 4.69) is 42.0 Å². The zero-order chi connectivity index (χ0) is 26.5. The van der Waals surface area contributed by atoms with Crippen LogP contribution in [0, 0.1) is 0 Å². The van der Waals surface area contributed by atoms with Gasteiger partial charge in [0.25, 0.3) is 0 Å². The van der Waals surface area contributed by atoms with Gasteiger partial charge >= 0.3 is 0 Å². The van der Waals surface area contributed by atoms with E-state index in [1.54, 1.807) is 0 Å². The highest BCUT2D eigenvalue weighted by molar-refractivity contribution is 7.99. The van der Waals surface area contributed by atoms with Crippen LogP contribution in [0.5, 0.6) is 0 Å². The first kappa shape index (κ1) is 25.4. The highest BCUT2D eigenvalue weighted by Gasteiger charge is 2.19. The number of nitrogens with zero attached hydrogens (tertiary/aromatic N) is 4. The maximum Gasteiger partial charge on any atom is 0.234 e. The Morgan fingerprint density at radius 1 is 1.00 bits per heavy atom. The second-order valence-corrected chi connectivity index (χ2v) is 10.2. The summed E-state index contributed by atoms with van der Waals surface area (Å²) in [6.45, 7) is 8.74. The number of para-hydroxylation sites is 1. The van der Waals surface area contributed by atoms with Gasteiger partial charge in [-0.15, -0.1) is 16.8 Å². The van der Waals surface area contributed by atoms with E-state index in [1.165, 1.54) is 17.3 Å². The Bertz CT molecular complexity index is 1580. The summed E-state index contributed by atoms with van der Waals surface area (Å²) in [7, 11) is 0. The van der Waals surface area contributed by atoms with Gasteiger partial charge in [0.05, 0.1) is 17.0 Å². The molecule has 0 bridgehead atoms. The first-order valence-electron chi connectivity index (χ1n) is 12.6. The third-order valence-corrected chi connectivity index (χ3v) is 7.22. The smallest absolute Gasteiger partial charge is 0.234 e. The van der Waals surface area contributed by atoms with Crippen LogP contribution in [0.2, 0.25) is 0 Å². The Labute approximate surface area is 226 Å². The van der Waals surface area contributed by atoms with Gasteiger partial charge in [-0.1, -0.05) is 92.3 Å². The van der Waals surface area contributed by atoms with Crippen molar-refractivity contribution < 1.29 is 4.79 Å². The predicted molar refractivity (Wildman–Crippen MR) is 156 cm³/mol. The van der Waals surface area contributed by atoms with Gasteiger partial charge in [-0.3, -0.25) is 9.36 Å². The lowest BCUT2D eigenvalue weighted by molar-refractivity contribution is -0.113. The van der Waals surface area contributed by atoms with Crippen LogP contribution in [0.15, 0.2) is 103 Å². The number of nitrogens with one attached hydrogen (secondary N) is 1. The highest BCUT2D eigenvalue weighted by Crippen LogP contribution is 2.33. The van der Waals surface area contributed by atoms with Crippen molar-refractivity contribution in [3.8, 4) is 22.6 Å². The molecule has 0 fully saturated rings. The van der Waals surface area contributed by atoms with Crippen molar-refractivity contribution in [1.82, 2.24) is 19.7 Å². The zero-order valence-electron chi connectivity index (χ0n) is 21.5. The Morgan fingerprint density at radius 2 is 1.74 bits per heavy atom. The molecule has 0 aliphatic heterocycles. The van der Waals surface area contributed by atoms with Crippen molar-refractivity contribution in [2.24, 2.45) is 0 Å². The van der Waals surface area contributed by atoms with Crippen molar-refractivity contribution in [2.45, 2.75) is 31.5 Å². The highest BCUT2D eigenvalue weighted by atomic mass is 32.2. The van der Waals surface area contributed by atoms with Gasteiger partial charge in [0, 0.05) is 28.7 Å². The number of thioether (sulfide) groups is 1. The minimum absolute atomic E-state index is 0.0947. The molecule has 0 spiro atoms. The molecule has 3 aromatic carbocycles. The number of hydrogen-bond donors (Lipinski definition) is 1. The summed E-state index contributed by atoms with van der Waals surface area (Å²) < 4.78 is 2.00. The number of allylic oxidation sites excluding steroid dienone is 1. The second kappa shape index (κ2) is 11.4. The third kappa shape index (κ3) is 5.53. The standard InChI is InChI=1S/C31H29N5OS/c1-4-18-36-30(26-19-28(23-10-6-5-7-11-23)33-27-13-9-8-12-25(26)27)34-35-31(36)38-20-29(37)32-24-16-14-22(15-17-24)21(2)3/h4-17,19,21H,1,18,20H2,2-3H3,(H,32,37). The van der Waals surface area contributed by atoms with Crippen LogP contribution in [0.3, 0.4) is 0 Å². The van der Waals surface area contributed by atoms with Crippen molar-refractivity contribution in [1.29, 1.82) is 0 Å². The molecule has 0 radical (unpaired) electrons. The summed E-state index contributed by atoms with van der Waals surface area (Å²) in [5.74, 6) is 1.28. The van der Waals surface area contributed by atoms with E-state index >= 15 is 0 Å². The molecule has 2 heterocycles. The lowest BCUT2D eigenvalue weighted by atomic mass is 10.0. The number of benzene rings is 3. The monoisotopic (exact) mass is 519 g/mol. The van der Waals surface area contributed by atoms with E-state index < -0.39 is 0 Å². The fraction of sp³-hybridized carbons (Fsp3) is 0.161. The largest absolute Gasteiger partial charge is 0.325 e. The molecule has 38 heavy (non-hydrogen) atoms. The van der Waals surface area contributed by atoms with Crippen molar-refractivity contribution in [2.75, 3.05) is 11.1 Å². The molecule has 190 valence electrons. The van der Waals surface area contributed by atoms with Crippen LogP contribution in [0.25, 0.3) is 33.5 Å². The molecule has 5 aromatic rings. The average Bonchev–Trinajstić information content (AvgIpc) is 3.34. The Morgan fingerprint density at radius 3 is 2.47 bits per heavy atom. The normalized spacial score (nSPS) is 11.1. The molecule has 0 aliphatic carbocycles. The quantitative estimate of drug-likeness (QED) is 0.165. The number of carbonyl (C=O) groups excluding carboxylic acids is 1. The molecule has 2 aromatic heterocycles. The minimum Gasteiger partial charge on any atom is -0.325 e. The fourth-order valence-corrected chi connectivity index (χ4v) is 5.03. The van der Waals surface area contributed by atoms with Crippen LogP contribution in [0.1, 0.15) is 25.3 Å². The first-order valence-corrected chi connectivity index (χ1v) is 13.5. The number of carbonyl (C=O) groups is 1. The molecule has 7 heteroatoms. The molecule has 6 nitrogen and oxygen atoms in total.